The minimum absolute atomic E-state index is 0.115. The summed E-state index contributed by atoms with van der Waals surface area (Å²) in [6, 6.07) is 6.83. The summed E-state index contributed by atoms with van der Waals surface area (Å²) in [4.78, 5) is 23.6. The molecule has 7 heteroatoms. The van der Waals surface area contributed by atoms with E-state index in [4.69, 9.17) is 4.52 Å². The molecule has 0 aliphatic rings. The van der Waals surface area contributed by atoms with Crippen molar-refractivity contribution in [3.8, 4) is 0 Å². The lowest BCUT2D eigenvalue weighted by atomic mass is 10.2. The molecule has 1 aromatic heterocycles. The van der Waals surface area contributed by atoms with Gasteiger partial charge in [-0.25, -0.2) is 0 Å². The standard InChI is InChI=1S/C16H19N3O3S/c1-10-14(11(2)22-19-10)8-23-9-15(20)18-13-6-4-5-12(7-13)16(21)17-3/h4-7H,8-9H2,1-3H3,(H,17,21)(H,18,20). The molecule has 1 heterocycles. The fraction of sp³-hybridized carbons (Fsp3) is 0.312. The summed E-state index contributed by atoms with van der Waals surface area (Å²) in [7, 11) is 1.57. The van der Waals surface area contributed by atoms with Crippen LogP contribution in [0, 0.1) is 13.8 Å². The Hall–Kier alpha value is -2.28. The SMILES string of the molecule is CNC(=O)c1cccc(NC(=O)CSCc2c(C)noc2C)c1. The van der Waals surface area contributed by atoms with E-state index in [9.17, 15) is 9.59 Å². The summed E-state index contributed by atoms with van der Waals surface area (Å²) in [6.07, 6.45) is 0. The first-order chi connectivity index (χ1) is 11.0. The highest BCUT2D eigenvalue weighted by atomic mass is 32.2. The predicted octanol–water partition coefficient (Wildman–Crippen LogP) is 2.52. The number of rotatable bonds is 6. The van der Waals surface area contributed by atoms with E-state index < -0.39 is 0 Å². The average molecular weight is 333 g/mol. The van der Waals surface area contributed by atoms with Crippen LogP contribution >= 0.6 is 11.8 Å². The van der Waals surface area contributed by atoms with Gasteiger partial charge in [0, 0.05) is 29.6 Å². The topological polar surface area (TPSA) is 84.2 Å². The van der Waals surface area contributed by atoms with Crippen LogP contribution in [0.25, 0.3) is 0 Å². The summed E-state index contributed by atoms with van der Waals surface area (Å²) in [5, 5.41) is 9.23. The third-order valence-electron chi connectivity index (χ3n) is 3.30. The molecule has 0 fully saturated rings. The van der Waals surface area contributed by atoms with Gasteiger partial charge in [-0.2, -0.15) is 0 Å². The zero-order valence-electron chi connectivity index (χ0n) is 13.3. The van der Waals surface area contributed by atoms with Gasteiger partial charge in [0.15, 0.2) is 0 Å². The molecule has 6 nitrogen and oxygen atoms in total. The number of aromatic nitrogens is 1. The van der Waals surface area contributed by atoms with E-state index in [2.05, 4.69) is 15.8 Å². The fourth-order valence-corrected chi connectivity index (χ4v) is 3.01. The van der Waals surface area contributed by atoms with Crippen molar-refractivity contribution in [2.75, 3.05) is 18.1 Å². The molecule has 122 valence electrons. The van der Waals surface area contributed by atoms with E-state index in [0.29, 0.717) is 22.8 Å². The smallest absolute Gasteiger partial charge is 0.251 e. The molecule has 1 aromatic carbocycles. The van der Waals surface area contributed by atoms with Crippen LogP contribution in [0.2, 0.25) is 0 Å². The Bertz CT molecular complexity index is 693. The summed E-state index contributed by atoms with van der Waals surface area (Å²) < 4.78 is 5.09. The number of anilines is 1. The number of hydrogen-bond donors (Lipinski definition) is 2. The molecule has 0 atom stereocenters. The summed E-state index contributed by atoms with van der Waals surface area (Å²) in [6.45, 7) is 3.75. The van der Waals surface area contributed by atoms with Crippen LogP contribution in [-0.4, -0.2) is 29.8 Å². The zero-order valence-corrected chi connectivity index (χ0v) is 14.1. The van der Waals surface area contributed by atoms with Crippen molar-refractivity contribution in [2.45, 2.75) is 19.6 Å². The second kappa shape index (κ2) is 7.82. The highest BCUT2D eigenvalue weighted by Gasteiger charge is 2.11. The van der Waals surface area contributed by atoms with Gasteiger partial charge < -0.3 is 15.2 Å². The lowest BCUT2D eigenvalue weighted by Gasteiger charge is -2.07. The van der Waals surface area contributed by atoms with Gasteiger partial charge in [-0.15, -0.1) is 11.8 Å². The van der Waals surface area contributed by atoms with E-state index >= 15 is 0 Å². The van der Waals surface area contributed by atoms with E-state index in [1.807, 2.05) is 13.8 Å². The number of aryl methyl sites for hydroxylation is 2. The van der Waals surface area contributed by atoms with Crippen molar-refractivity contribution in [2.24, 2.45) is 0 Å². The van der Waals surface area contributed by atoms with Crippen LogP contribution in [0.1, 0.15) is 27.4 Å². The fourth-order valence-electron chi connectivity index (χ4n) is 2.03. The lowest BCUT2D eigenvalue weighted by molar-refractivity contribution is -0.113. The van der Waals surface area contributed by atoms with E-state index in [1.54, 1.807) is 31.3 Å². The van der Waals surface area contributed by atoms with Crippen LogP contribution in [0.3, 0.4) is 0 Å². The maximum atomic E-state index is 12.0. The largest absolute Gasteiger partial charge is 0.361 e. The number of nitrogens with zero attached hydrogens (tertiary/aromatic N) is 1. The van der Waals surface area contributed by atoms with Gasteiger partial charge in [0.1, 0.15) is 5.76 Å². The van der Waals surface area contributed by atoms with Crippen molar-refractivity contribution < 1.29 is 14.1 Å². The second-order valence-corrected chi connectivity index (χ2v) is 5.99. The summed E-state index contributed by atoms with van der Waals surface area (Å²) >= 11 is 1.49. The van der Waals surface area contributed by atoms with Gasteiger partial charge in [0.25, 0.3) is 5.91 Å². The van der Waals surface area contributed by atoms with E-state index in [-0.39, 0.29) is 11.8 Å². The zero-order chi connectivity index (χ0) is 16.8. The Labute approximate surface area is 139 Å². The van der Waals surface area contributed by atoms with Gasteiger partial charge in [-0.3, -0.25) is 9.59 Å². The molecule has 2 aromatic rings. The first-order valence-electron chi connectivity index (χ1n) is 7.12. The van der Waals surface area contributed by atoms with Crippen LogP contribution in [0.15, 0.2) is 28.8 Å². The first-order valence-corrected chi connectivity index (χ1v) is 8.28. The minimum atomic E-state index is -0.186. The molecule has 0 aliphatic carbocycles. The number of nitrogens with one attached hydrogen (secondary N) is 2. The van der Waals surface area contributed by atoms with Crippen LogP contribution < -0.4 is 10.6 Å². The molecule has 0 spiro atoms. The van der Waals surface area contributed by atoms with Gasteiger partial charge in [0.05, 0.1) is 11.4 Å². The van der Waals surface area contributed by atoms with Gasteiger partial charge >= 0.3 is 0 Å². The van der Waals surface area contributed by atoms with Crippen molar-refractivity contribution >= 4 is 29.3 Å². The van der Waals surface area contributed by atoms with E-state index in [0.717, 1.165) is 17.0 Å². The molecule has 0 saturated carbocycles. The first kappa shape index (κ1) is 17.1. The lowest BCUT2D eigenvalue weighted by Crippen LogP contribution is -2.19. The van der Waals surface area contributed by atoms with E-state index in [1.165, 1.54) is 11.8 Å². The molecule has 0 bridgehead atoms. The third-order valence-corrected chi connectivity index (χ3v) is 4.26. The minimum Gasteiger partial charge on any atom is -0.361 e. The number of benzene rings is 1. The molecular weight excluding hydrogens is 314 g/mol. The number of carbonyl (C=O) groups is 2. The van der Waals surface area contributed by atoms with Crippen molar-refractivity contribution in [1.29, 1.82) is 0 Å². The van der Waals surface area contributed by atoms with Gasteiger partial charge in [-0.1, -0.05) is 11.2 Å². The Kier molecular flexibility index (Phi) is 5.81. The maximum absolute atomic E-state index is 12.0. The molecule has 2 amide bonds. The number of amides is 2. The monoisotopic (exact) mass is 333 g/mol. The maximum Gasteiger partial charge on any atom is 0.251 e. The number of carbonyl (C=O) groups excluding carboxylic acids is 2. The number of hydrogen-bond acceptors (Lipinski definition) is 5. The molecule has 23 heavy (non-hydrogen) atoms. The molecule has 0 aliphatic heterocycles. The quantitative estimate of drug-likeness (QED) is 0.848. The summed E-state index contributed by atoms with van der Waals surface area (Å²) in [5.74, 6) is 1.47. The highest BCUT2D eigenvalue weighted by molar-refractivity contribution is 7.99. The Morgan fingerprint density at radius 2 is 2.09 bits per heavy atom. The van der Waals surface area contributed by atoms with Crippen LogP contribution in [0.4, 0.5) is 5.69 Å². The Balaban J connectivity index is 1.86. The molecule has 0 radical (unpaired) electrons. The van der Waals surface area contributed by atoms with Crippen LogP contribution in [0.5, 0.6) is 0 Å². The van der Waals surface area contributed by atoms with Gasteiger partial charge in [-0.05, 0) is 32.0 Å². The van der Waals surface area contributed by atoms with Crippen LogP contribution in [-0.2, 0) is 10.5 Å². The Morgan fingerprint density at radius 3 is 2.74 bits per heavy atom. The molecule has 2 rings (SSSR count). The highest BCUT2D eigenvalue weighted by Crippen LogP contribution is 2.19. The van der Waals surface area contributed by atoms with Crippen molar-refractivity contribution in [3.63, 3.8) is 0 Å². The van der Waals surface area contributed by atoms with Crippen molar-refractivity contribution in [1.82, 2.24) is 10.5 Å². The third kappa shape index (κ3) is 4.59. The Morgan fingerprint density at radius 1 is 1.30 bits per heavy atom. The average Bonchev–Trinajstić information content (AvgIpc) is 2.86. The summed E-state index contributed by atoms with van der Waals surface area (Å²) in [5.41, 5.74) is 3.00. The molecule has 0 unspecified atom stereocenters. The molecule has 2 N–H and O–H groups in total. The normalized spacial score (nSPS) is 10.4. The molecule has 0 saturated heterocycles. The van der Waals surface area contributed by atoms with Gasteiger partial charge in [0.2, 0.25) is 5.91 Å². The predicted molar refractivity (Wildman–Crippen MR) is 90.6 cm³/mol. The number of thioether (sulfide) groups is 1. The second-order valence-electron chi connectivity index (χ2n) is 5.00. The molecular formula is C16H19N3O3S. The van der Waals surface area contributed by atoms with Crippen molar-refractivity contribution in [3.05, 3.63) is 46.8 Å².